The Kier molecular flexibility index (Phi) is 7.53. The van der Waals surface area contributed by atoms with Crippen LogP contribution in [0.3, 0.4) is 0 Å². The molecule has 3 nitrogen and oxygen atoms in total. The molecule has 0 aliphatic carbocycles. The predicted molar refractivity (Wildman–Crippen MR) is 80.0 cm³/mol. The van der Waals surface area contributed by atoms with Crippen LogP contribution in [0.25, 0.3) is 0 Å². The molecule has 0 saturated heterocycles. The van der Waals surface area contributed by atoms with E-state index in [2.05, 4.69) is 44.3 Å². The van der Waals surface area contributed by atoms with Crippen molar-refractivity contribution in [1.82, 2.24) is 5.32 Å². The fourth-order valence-corrected chi connectivity index (χ4v) is 2.01. The van der Waals surface area contributed by atoms with E-state index >= 15 is 0 Å². The third-order valence-corrected chi connectivity index (χ3v) is 3.33. The van der Waals surface area contributed by atoms with Gasteiger partial charge in [-0.25, -0.2) is 0 Å². The molecular formula is C16H27NO2. The third kappa shape index (κ3) is 5.62. The van der Waals surface area contributed by atoms with Gasteiger partial charge in [0.1, 0.15) is 12.4 Å². The van der Waals surface area contributed by atoms with Crippen LogP contribution in [0.4, 0.5) is 0 Å². The number of rotatable bonds is 9. The number of hydrogen-bond donors (Lipinski definition) is 1. The highest BCUT2D eigenvalue weighted by molar-refractivity contribution is 5.35. The van der Waals surface area contributed by atoms with Crippen LogP contribution in [0.1, 0.15) is 38.7 Å². The molecule has 0 fully saturated rings. The lowest BCUT2D eigenvalue weighted by Gasteiger charge is -2.17. The minimum atomic E-state index is 0.360. The maximum Gasteiger partial charge on any atom is 0.122 e. The van der Waals surface area contributed by atoms with Crippen molar-refractivity contribution in [3.8, 4) is 5.75 Å². The molecule has 0 aliphatic rings. The van der Waals surface area contributed by atoms with Crippen molar-refractivity contribution in [2.75, 3.05) is 26.9 Å². The van der Waals surface area contributed by atoms with Crippen LogP contribution < -0.4 is 10.1 Å². The average molecular weight is 265 g/mol. The Balaban J connectivity index is 2.41. The number of methoxy groups -OCH3 is 1. The van der Waals surface area contributed by atoms with Gasteiger partial charge in [-0.3, -0.25) is 0 Å². The molecule has 0 bridgehead atoms. The molecule has 108 valence electrons. The van der Waals surface area contributed by atoms with Crippen LogP contribution in [-0.2, 0) is 4.74 Å². The van der Waals surface area contributed by atoms with Gasteiger partial charge in [0.15, 0.2) is 0 Å². The van der Waals surface area contributed by atoms with Crippen molar-refractivity contribution in [2.45, 2.75) is 39.2 Å². The quantitative estimate of drug-likeness (QED) is 0.696. The predicted octanol–water partition coefficient (Wildman–Crippen LogP) is 3.20. The monoisotopic (exact) mass is 265 g/mol. The zero-order valence-electron chi connectivity index (χ0n) is 12.6. The number of ether oxygens (including phenoxy) is 2. The molecule has 2 unspecified atom stereocenters. The van der Waals surface area contributed by atoms with Crippen LogP contribution >= 0.6 is 0 Å². The Morgan fingerprint density at radius 3 is 2.63 bits per heavy atom. The van der Waals surface area contributed by atoms with Gasteiger partial charge in [-0.15, -0.1) is 0 Å². The second-order valence-corrected chi connectivity index (χ2v) is 5.01. The molecule has 0 radical (unpaired) electrons. The summed E-state index contributed by atoms with van der Waals surface area (Å²) < 4.78 is 11.0. The van der Waals surface area contributed by atoms with E-state index in [9.17, 15) is 0 Å². The number of nitrogens with one attached hydrogen (secondary N) is 1. The normalized spacial score (nSPS) is 14.1. The summed E-state index contributed by atoms with van der Waals surface area (Å²) in [7, 11) is 1.72. The minimum Gasteiger partial charge on any atom is -0.492 e. The molecule has 1 aromatic carbocycles. The van der Waals surface area contributed by atoms with Crippen LogP contribution in [0, 0.1) is 0 Å². The van der Waals surface area contributed by atoms with E-state index in [1.807, 2.05) is 6.07 Å². The zero-order chi connectivity index (χ0) is 14.1. The maximum absolute atomic E-state index is 5.89. The molecule has 1 N–H and O–H groups in total. The fraction of sp³-hybridized carbons (Fsp3) is 0.625. The van der Waals surface area contributed by atoms with E-state index in [1.54, 1.807) is 7.11 Å². The number of para-hydroxylation sites is 1. The summed E-state index contributed by atoms with van der Waals surface area (Å²) in [5.41, 5.74) is 1.30. The third-order valence-electron chi connectivity index (χ3n) is 3.33. The summed E-state index contributed by atoms with van der Waals surface area (Å²) in [5, 5.41) is 3.37. The van der Waals surface area contributed by atoms with Gasteiger partial charge in [0.25, 0.3) is 0 Å². The van der Waals surface area contributed by atoms with Crippen molar-refractivity contribution < 1.29 is 9.47 Å². The van der Waals surface area contributed by atoms with E-state index < -0.39 is 0 Å². The molecule has 0 heterocycles. The summed E-state index contributed by atoms with van der Waals surface area (Å²) in [6.45, 7) is 8.79. The Morgan fingerprint density at radius 1 is 1.21 bits per heavy atom. The first kappa shape index (κ1) is 16.0. The molecule has 1 aromatic rings. The first-order chi connectivity index (χ1) is 9.19. The highest BCUT2D eigenvalue weighted by Crippen LogP contribution is 2.28. The molecule has 0 aliphatic heterocycles. The van der Waals surface area contributed by atoms with Gasteiger partial charge in [0.05, 0.1) is 6.61 Å². The highest BCUT2D eigenvalue weighted by atomic mass is 16.5. The van der Waals surface area contributed by atoms with Crippen molar-refractivity contribution in [3.63, 3.8) is 0 Å². The molecular weight excluding hydrogens is 238 g/mol. The smallest absolute Gasteiger partial charge is 0.122 e. The van der Waals surface area contributed by atoms with Crippen molar-refractivity contribution >= 4 is 0 Å². The van der Waals surface area contributed by atoms with Crippen molar-refractivity contribution in [3.05, 3.63) is 29.8 Å². The molecule has 0 aromatic heterocycles. The summed E-state index contributed by atoms with van der Waals surface area (Å²) in [6, 6.07) is 8.68. The second-order valence-electron chi connectivity index (χ2n) is 5.01. The van der Waals surface area contributed by atoms with E-state index in [0.717, 1.165) is 25.3 Å². The molecule has 2 atom stereocenters. The minimum absolute atomic E-state index is 0.360. The van der Waals surface area contributed by atoms with E-state index in [1.165, 1.54) is 5.56 Å². The SMILES string of the molecule is CCC(C)c1ccccc1OCCNC(C)COC. The average Bonchev–Trinajstić information content (AvgIpc) is 2.43. The van der Waals surface area contributed by atoms with E-state index in [0.29, 0.717) is 18.6 Å². The Labute approximate surface area is 117 Å². The van der Waals surface area contributed by atoms with Crippen molar-refractivity contribution in [1.29, 1.82) is 0 Å². The first-order valence-electron chi connectivity index (χ1n) is 7.13. The van der Waals surface area contributed by atoms with Gasteiger partial charge in [0, 0.05) is 19.7 Å². The zero-order valence-corrected chi connectivity index (χ0v) is 12.6. The molecule has 0 saturated carbocycles. The molecule has 0 amide bonds. The van der Waals surface area contributed by atoms with Crippen LogP contribution in [-0.4, -0.2) is 32.9 Å². The first-order valence-corrected chi connectivity index (χ1v) is 7.13. The highest BCUT2D eigenvalue weighted by Gasteiger charge is 2.09. The second kappa shape index (κ2) is 8.94. The summed E-state index contributed by atoms with van der Waals surface area (Å²) in [4.78, 5) is 0. The summed E-state index contributed by atoms with van der Waals surface area (Å²) >= 11 is 0. The molecule has 1 rings (SSSR count). The van der Waals surface area contributed by atoms with E-state index in [-0.39, 0.29) is 0 Å². The Morgan fingerprint density at radius 2 is 1.95 bits per heavy atom. The van der Waals surface area contributed by atoms with Crippen LogP contribution in [0.5, 0.6) is 5.75 Å². The lowest BCUT2D eigenvalue weighted by atomic mass is 9.98. The van der Waals surface area contributed by atoms with Gasteiger partial charge < -0.3 is 14.8 Å². The van der Waals surface area contributed by atoms with E-state index in [4.69, 9.17) is 9.47 Å². The lowest BCUT2D eigenvalue weighted by Crippen LogP contribution is -2.33. The maximum atomic E-state index is 5.89. The molecule has 19 heavy (non-hydrogen) atoms. The molecule has 0 spiro atoms. The van der Waals surface area contributed by atoms with Gasteiger partial charge in [-0.2, -0.15) is 0 Å². The Hall–Kier alpha value is -1.06. The summed E-state index contributed by atoms with van der Waals surface area (Å²) in [5.74, 6) is 1.55. The largest absolute Gasteiger partial charge is 0.492 e. The van der Waals surface area contributed by atoms with Crippen LogP contribution in [0.2, 0.25) is 0 Å². The van der Waals surface area contributed by atoms with Crippen LogP contribution in [0.15, 0.2) is 24.3 Å². The number of hydrogen-bond acceptors (Lipinski definition) is 3. The number of benzene rings is 1. The van der Waals surface area contributed by atoms with Gasteiger partial charge in [-0.1, -0.05) is 32.0 Å². The standard InChI is InChI=1S/C16H27NO2/c1-5-13(2)15-8-6-7-9-16(15)19-11-10-17-14(3)12-18-4/h6-9,13-14,17H,5,10-12H2,1-4H3. The lowest BCUT2D eigenvalue weighted by molar-refractivity contribution is 0.169. The van der Waals surface area contributed by atoms with Gasteiger partial charge in [0.2, 0.25) is 0 Å². The topological polar surface area (TPSA) is 30.5 Å². The van der Waals surface area contributed by atoms with Gasteiger partial charge in [-0.05, 0) is 30.9 Å². The van der Waals surface area contributed by atoms with Gasteiger partial charge >= 0.3 is 0 Å². The molecule has 3 heteroatoms. The Bertz CT molecular complexity index is 354. The fourth-order valence-electron chi connectivity index (χ4n) is 2.01. The van der Waals surface area contributed by atoms with Crippen molar-refractivity contribution in [2.24, 2.45) is 0 Å². The summed E-state index contributed by atoms with van der Waals surface area (Å²) in [6.07, 6.45) is 1.13.